The highest BCUT2D eigenvalue weighted by Gasteiger charge is 2.30. The molecule has 0 saturated heterocycles. The number of aliphatic hydroxyl groups is 2. The molecule has 224 valence electrons. The second-order valence-electron chi connectivity index (χ2n) is 11.2. The average molecular weight is 581 g/mol. The van der Waals surface area contributed by atoms with Crippen LogP contribution < -0.4 is 0 Å². The molecule has 0 aliphatic rings. The van der Waals surface area contributed by atoms with Gasteiger partial charge in [0.2, 0.25) is 0 Å². The van der Waals surface area contributed by atoms with Crippen LogP contribution in [0.5, 0.6) is 0 Å². The highest BCUT2D eigenvalue weighted by molar-refractivity contribution is 6.02. The van der Waals surface area contributed by atoms with Crippen molar-refractivity contribution in [2.75, 3.05) is 41.3 Å². The van der Waals surface area contributed by atoms with Crippen LogP contribution in [0, 0.1) is 0 Å². The Balaban J connectivity index is 1.73. The molecule has 4 unspecified atom stereocenters. The molecule has 0 amide bonds. The molecule has 7 heteroatoms. The van der Waals surface area contributed by atoms with Gasteiger partial charge in [0.1, 0.15) is 12.2 Å². The van der Waals surface area contributed by atoms with Crippen molar-refractivity contribution in [1.29, 1.82) is 0 Å². The molecule has 0 saturated carbocycles. The second-order valence-corrected chi connectivity index (χ2v) is 11.2. The lowest BCUT2D eigenvalue weighted by atomic mass is 9.92. The first-order valence-corrected chi connectivity index (χ1v) is 14.3. The summed E-state index contributed by atoms with van der Waals surface area (Å²) in [7, 11) is 7.70. The summed E-state index contributed by atoms with van der Waals surface area (Å²) in [5, 5.41) is 22.0. The molecule has 4 rings (SSSR count). The van der Waals surface area contributed by atoms with Crippen LogP contribution in [0.3, 0.4) is 0 Å². The van der Waals surface area contributed by atoms with E-state index in [1.54, 1.807) is 72.8 Å². The molecule has 4 aromatic rings. The Morgan fingerprint density at radius 1 is 0.558 bits per heavy atom. The monoisotopic (exact) mass is 580 g/mol. The number of carbonyl (C=O) groups is 2. The number of rotatable bonds is 14. The summed E-state index contributed by atoms with van der Waals surface area (Å²) in [5.41, 5.74) is 3.07. The standard InChI is InChI=1S/C36H40N2O5/c1-37(2)23-31(27-19-11-13-21-29(27)35(41)33(39)25-15-7-5-8-16-25)43-32(24-38(3)4)28-20-12-14-22-30(28)36(42)34(40)26-17-9-6-10-18-26/h5-22,31-34,39-40H,23-24H2,1-4H3. The van der Waals surface area contributed by atoms with Crippen molar-refractivity contribution in [3.8, 4) is 0 Å². The number of ether oxygens (including phenoxy) is 1. The van der Waals surface area contributed by atoms with Gasteiger partial charge in [0, 0.05) is 24.2 Å². The van der Waals surface area contributed by atoms with E-state index in [0.29, 0.717) is 46.5 Å². The molecule has 0 aliphatic carbocycles. The summed E-state index contributed by atoms with van der Waals surface area (Å²) in [6.07, 6.45) is -3.80. The molecule has 0 fully saturated rings. The zero-order valence-corrected chi connectivity index (χ0v) is 25.1. The molecular weight excluding hydrogens is 540 g/mol. The molecule has 43 heavy (non-hydrogen) atoms. The number of ketones is 2. The zero-order valence-electron chi connectivity index (χ0n) is 25.1. The van der Waals surface area contributed by atoms with Gasteiger partial charge in [0.15, 0.2) is 11.6 Å². The van der Waals surface area contributed by atoms with E-state index in [-0.39, 0.29) is 0 Å². The number of Topliss-reactive ketones (excluding diaryl/α,β-unsaturated/α-hetero) is 2. The minimum Gasteiger partial charge on any atom is -0.380 e. The fraction of sp³-hybridized carbons (Fsp3) is 0.278. The number of likely N-dealkylation sites (N-methyl/N-ethyl adjacent to an activating group) is 2. The van der Waals surface area contributed by atoms with Crippen LogP contribution in [0.2, 0.25) is 0 Å². The van der Waals surface area contributed by atoms with Gasteiger partial charge in [0.25, 0.3) is 0 Å². The molecule has 7 nitrogen and oxygen atoms in total. The topological polar surface area (TPSA) is 90.3 Å². The summed E-state index contributed by atoms with van der Waals surface area (Å²) in [5.74, 6) is -0.834. The number of benzene rings is 4. The normalized spacial score (nSPS) is 14.3. The van der Waals surface area contributed by atoms with Gasteiger partial charge in [-0.25, -0.2) is 0 Å². The van der Waals surface area contributed by atoms with Gasteiger partial charge in [0.05, 0.1) is 12.2 Å². The summed E-state index contributed by atoms with van der Waals surface area (Å²) in [4.78, 5) is 31.2. The molecule has 0 aliphatic heterocycles. The van der Waals surface area contributed by atoms with Crippen LogP contribution in [0.15, 0.2) is 109 Å². The minimum absolute atomic E-state index is 0.373. The molecule has 0 spiro atoms. The van der Waals surface area contributed by atoms with Crippen molar-refractivity contribution in [3.63, 3.8) is 0 Å². The largest absolute Gasteiger partial charge is 0.380 e. The lowest BCUT2D eigenvalue weighted by molar-refractivity contribution is -0.0374. The Labute approximate surface area is 254 Å². The molecule has 0 heterocycles. The van der Waals surface area contributed by atoms with Crippen molar-refractivity contribution >= 4 is 11.6 Å². The third-order valence-corrected chi connectivity index (χ3v) is 7.26. The van der Waals surface area contributed by atoms with Crippen LogP contribution in [0.4, 0.5) is 0 Å². The predicted octanol–water partition coefficient (Wildman–Crippen LogP) is 5.44. The first-order chi connectivity index (χ1) is 20.7. The van der Waals surface area contributed by atoms with Gasteiger partial charge in [-0.15, -0.1) is 0 Å². The van der Waals surface area contributed by atoms with Crippen molar-refractivity contribution < 1.29 is 24.5 Å². The van der Waals surface area contributed by atoms with Crippen molar-refractivity contribution in [2.24, 2.45) is 0 Å². The van der Waals surface area contributed by atoms with Gasteiger partial charge in [-0.3, -0.25) is 9.59 Å². The molecule has 4 atom stereocenters. The van der Waals surface area contributed by atoms with Crippen LogP contribution in [0.1, 0.15) is 67.4 Å². The minimum atomic E-state index is -1.32. The number of carbonyl (C=O) groups excluding carboxylic acids is 2. The highest BCUT2D eigenvalue weighted by Crippen LogP contribution is 2.34. The average Bonchev–Trinajstić information content (AvgIpc) is 3.03. The first kappa shape index (κ1) is 31.9. The van der Waals surface area contributed by atoms with E-state index >= 15 is 0 Å². The lowest BCUT2D eigenvalue weighted by Crippen LogP contribution is -2.30. The van der Waals surface area contributed by atoms with Gasteiger partial charge in [-0.05, 0) is 50.4 Å². The number of hydrogen-bond acceptors (Lipinski definition) is 7. The third kappa shape index (κ3) is 8.10. The Hall–Kier alpha value is -3.98. The molecule has 0 bridgehead atoms. The maximum atomic E-state index is 13.6. The smallest absolute Gasteiger partial charge is 0.196 e. The van der Waals surface area contributed by atoms with Gasteiger partial charge in [-0.1, -0.05) is 109 Å². The van der Waals surface area contributed by atoms with Crippen LogP contribution in [-0.4, -0.2) is 72.9 Å². The Morgan fingerprint density at radius 3 is 1.23 bits per heavy atom. The van der Waals surface area contributed by atoms with Gasteiger partial charge in [-0.2, -0.15) is 0 Å². The van der Waals surface area contributed by atoms with Crippen LogP contribution >= 0.6 is 0 Å². The van der Waals surface area contributed by atoms with E-state index < -0.39 is 36.0 Å². The van der Waals surface area contributed by atoms with Crippen LogP contribution in [0.25, 0.3) is 0 Å². The van der Waals surface area contributed by atoms with Gasteiger partial charge < -0.3 is 24.7 Å². The second kappa shape index (κ2) is 15.0. The predicted molar refractivity (Wildman–Crippen MR) is 168 cm³/mol. The van der Waals surface area contributed by atoms with E-state index in [4.69, 9.17) is 4.74 Å². The fourth-order valence-corrected chi connectivity index (χ4v) is 5.16. The highest BCUT2D eigenvalue weighted by atomic mass is 16.5. The Kier molecular flexibility index (Phi) is 11.1. The lowest BCUT2D eigenvalue weighted by Gasteiger charge is -2.31. The molecular formula is C36H40N2O5. The van der Waals surface area contributed by atoms with Crippen LogP contribution in [-0.2, 0) is 4.74 Å². The molecule has 2 N–H and O–H groups in total. The summed E-state index contributed by atoms with van der Waals surface area (Å²) >= 11 is 0. The zero-order chi connectivity index (χ0) is 30.9. The third-order valence-electron chi connectivity index (χ3n) is 7.26. The summed E-state index contributed by atoms with van der Waals surface area (Å²) in [6, 6.07) is 32.1. The maximum Gasteiger partial charge on any atom is 0.196 e. The number of nitrogens with zero attached hydrogens (tertiary/aromatic N) is 2. The number of hydrogen-bond donors (Lipinski definition) is 2. The van der Waals surface area contributed by atoms with E-state index in [9.17, 15) is 19.8 Å². The van der Waals surface area contributed by atoms with E-state index in [1.165, 1.54) is 0 Å². The first-order valence-electron chi connectivity index (χ1n) is 14.3. The van der Waals surface area contributed by atoms with E-state index in [0.717, 1.165) is 0 Å². The molecule has 0 radical (unpaired) electrons. The Bertz CT molecular complexity index is 1380. The molecule has 0 aromatic heterocycles. The quantitative estimate of drug-likeness (QED) is 0.192. The Morgan fingerprint density at radius 2 is 0.884 bits per heavy atom. The van der Waals surface area contributed by atoms with Crippen molar-refractivity contribution in [1.82, 2.24) is 9.80 Å². The van der Waals surface area contributed by atoms with E-state index in [1.807, 2.05) is 74.4 Å². The maximum absolute atomic E-state index is 13.6. The van der Waals surface area contributed by atoms with Crippen molar-refractivity contribution in [2.45, 2.75) is 24.4 Å². The van der Waals surface area contributed by atoms with Crippen molar-refractivity contribution in [3.05, 3.63) is 143 Å². The fourth-order valence-electron chi connectivity index (χ4n) is 5.16. The summed E-state index contributed by atoms with van der Waals surface area (Å²) in [6.45, 7) is 0.886. The van der Waals surface area contributed by atoms with Gasteiger partial charge >= 0.3 is 0 Å². The molecule has 4 aromatic carbocycles. The van der Waals surface area contributed by atoms with E-state index in [2.05, 4.69) is 0 Å². The SMILES string of the molecule is CN(C)CC(OC(CN(C)C)c1ccccc1C(=O)C(O)c1ccccc1)c1ccccc1C(=O)C(O)c1ccccc1. The number of aliphatic hydroxyl groups excluding tert-OH is 2. The summed E-state index contributed by atoms with van der Waals surface area (Å²) < 4.78 is 6.85.